The van der Waals surface area contributed by atoms with E-state index < -0.39 is 23.2 Å². The maximum absolute atomic E-state index is 13.1. The number of halogens is 2. The number of anilines is 1. The predicted molar refractivity (Wildman–Crippen MR) is 55.9 cm³/mol. The van der Waals surface area contributed by atoms with E-state index in [0.29, 0.717) is 0 Å². The van der Waals surface area contributed by atoms with Crippen LogP contribution in [-0.4, -0.2) is 11.4 Å². The van der Waals surface area contributed by atoms with Crippen LogP contribution in [0.2, 0.25) is 0 Å². The van der Waals surface area contributed by atoms with E-state index in [1.165, 1.54) is 0 Å². The first-order valence-electron chi connectivity index (χ1n) is 4.98. The lowest BCUT2D eigenvalue weighted by Gasteiger charge is -2.11. The molecule has 1 aliphatic rings. The second-order valence-corrected chi connectivity index (χ2v) is 4.37. The summed E-state index contributed by atoms with van der Waals surface area (Å²) < 4.78 is 26.2. The molecule has 2 rings (SSSR count). The van der Waals surface area contributed by atoms with Gasteiger partial charge in [0.2, 0.25) is 0 Å². The molecule has 0 spiro atoms. The molecule has 0 bridgehead atoms. The maximum atomic E-state index is 13.1. The van der Waals surface area contributed by atoms with E-state index in [0.717, 1.165) is 25.0 Å². The van der Waals surface area contributed by atoms with Crippen LogP contribution in [-0.2, 0) is 0 Å². The van der Waals surface area contributed by atoms with Gasteiger partial charge in [0.1, 0.15) is 17.3 Å². The standard InChI is InChI=1S/C11H12F2N2O/c1-11(2-3-11)15-10(16)6-4-7(12)9(14)8(13)5-6/h4-5H,2-3,14H2,1H3,(H,15,16). The van der Waals surface area contributed by atoms with E-state index in [-0.39, 0.29) is 11.1 Å². The number of rotatable bonds is 2. The van der Waals surface area contributed by atoms with Gasteiger partial charge in [0.15, 0.2) is 0 Å². The molecule has 0 aromatic heterocycles. The lowest BCUT2D eigenvalue weighted by molar-refractivity contribution is 0.0934. The Morgan fingerprint density at radius 2 is 1.88 bits per heavy atom. The monoisotopic (exact) mass is 226 g/mol. The van der Waals surface area contributed by atoms with Gasteiger partial charge in [-0.25, -0.2) is 8.78 Å². The Bertz CT molecular complexity index is 432. The number of nitrogen functional groups attached to an aromatic ring is 1. The normalized spacial score (nSPS) is 16.9. The highest BCUT2D eigenvalue weighted by Crippen LogP contribution is 2.34. The first-order valence-corrected chi connectivity index (χ1v) is 4.98. The summed E-state index contributed by atoms with van der Waals surface area (Å²) in [4.78, 5) is 11.6. The molecule has 0 unspecified atom stereocenters. The van der Waals surface area contributed by atoms with Crippen LogP contribution in [0.15, 0.2) is 12.1 Å². The highest BCUT2D eigenvalue weighted by molar-refractivity contribution is 5.95. The fourth-order valence-electron chi connectivity index (χ4n) is 1.37. The number of carbonyl (C=O) groups excluding carboxylic acids is 1. The van der Waals surface area contributed by atoms with Crippen molar-refractivity contribution in [3.63, 3.8) is 0 Å². The van der Waals surface area contributed by atoms with Gasteiger partial charge < -0.3 is 11.1 Å². The van der Waals surface area contributed by atoms with Gasteiger partial charge in [-0.2, -0.15) is 0 Å². The van der Waals surface area contributed by atoms with Crippen LogP contribution >= 0.6 is 0 Å². The van der Waals surface area contributed by atoms with Crippen molar-refractivity contribution in [2.24, 2.45) is 0 Å². The molecule has 16 heavy (non-hydrogen) atoms. The highest BCUT2D eigenvalue weighted by atomic mass is 19.1. The van der Waals surface area contributed by atoms with E-state index >= 15 is 0 Å². The zero-order valence-corrected chi connectivity index (χ0v) is 8.81. The average molecular weight is 226 g/mol. The largest absolute Gasteiger partial charge is 0.394 e. The molecule has 1 amide bonds. The topological polar surface area (TPSA) is 55.1 Å². The smallest absolute Gasteiger partial charge is 0.251 e. The van der Waals surface area contributed by atoms with Gasteiger partial charge >= 0.3 is 0 Å². The molecule has 0 radical (unpaired) electrons. The van der Waals surface area contributed by atoms with E-state index in [9.17, 15) is 13.6 Å². The minimum atomic E-state index is -0.911. The Morgan fingerprint density at radius 3 is 2.31 bits per heavy atom. The van der Waals surface area contributed by atoms with Crippen molar-refractivity contribution in [1.29, 1.82) is 0 Å². The number of hydrogen-bond acceptors (Lipinski definition) is 2. The third-order valence-electron chi connectivity index (χ3n) is 2.76. The summed E-state index contributed by atoms with van der Waals surface area (Å²) >= 11 is 0. The Morgan fingerprint density at radius 1 is 1.38 bits per heavy atom. The molecular weight excluding hydrogens is 214 g/mol. The zero-order valence-electron chi connectivity index (χ0n) is 8.81. The molecule has 1 saturated carbocycles. The molecule has 0 atom stereocenters. The second kappa shape index (κ2) is 3.43. The van der Waals surface area contributed by atoms with Crippen LogP contribution in [0.5, 0.6) is 0 Å². The highest BCUT2D eigenvalue weighted by Gasteiger charge is 2.38. The lowest BCUT2D eigenvalue weighted by Crippen LogP contribution is -2.34. The minimum absolute atomic E-state index is 0.0441. The lowest BCUT2D eigenvalue weighted by atomic mass is 10.1. The van der Waals surface area contributed by atoms with E-state index in [1.807, 2.05) is 6.92 Å². The molecule has 3 N–H and O–H groups in total. The van der Waals surface area contributed by atoms with E-state index in [1.54, 1.807) is 0 Å². The number of hydrogen-bond donors (Lipinski definition) is 2. The summed E-state index contributed by atoms with van der Waals surface area (Å²) in [6.07, 6.45) is 1.78. The summed E-state index contributed by atoms with van der Waals surface area (Å²) in [5, 5.41) is 2.71. The Balaban J connectivity index is 2.23. The van der Waals surface area contributed by atoms with Crippen molar-refractivity contribution in [3.05, 3.63) is 29.3 Å². The summed E-state index contributed by atoms with van der Waals surface area (Å²) in [7, 11) is 0. The third-order valence-corrected chi connectivity index (χ3v) is 2.76. The van der Waals surface area contributed by atoms with Crippen LogP contribution in [0, 0.1) is 11.6 Å². The van der Waals surface area contributed by atoms with Gasteiger partial charge in [-0.3, -0.25) is 4.79 Å². The predicted octanol–water partition coefficient (Wildman–Crippen LogP) is 1.83. The van der Waals surface area contributed by atoms with Gasteiger partial charge in [-0.1, -0.05) is 0 Å². The van der Waals surface area contributed by atoms with Crippen LogP contribution in [0.4, 0.5) is 14.5 Å². The zero-order chi connectivity index (χ0) is 11.9. The molecule has 0 saturated heterocycles. The molecule has 3 nitrogen and oxygen atoms in total. The fraction of sp³-hybridized carbons (Fsp3) is 0.364. The van der Waals surface area contributed by atoms with E-state index in [2.05, 4.69) is 5.32 Å². The number of nitrogens with one attached hydrogen (secondary N) is 1. The van der Waals surface area contributed by atoms with Crippen LogP contribution in [0.1, 0.15) is 30.1 Å². The molecule has 0 aliphatic heterocycles. The number of nitrogens with two attached hydrogens (primary N) is 1. The molecular formula is C11H12F2N2O. The maximum Gasteiger partial charge on any atom is 0.251 e. The van der Waals surface area contributed by atoms with Crippen LogP contribution < -0.4 is 11.1 Å². The SMILES string of the molecule is CC1(NC(=O)c2cc(F)c(N)c(F)c2)CC1. The van der Waals surface area contributed by atoms with Crippen molar-refractivity contribution in [3.8, 4) is 0 Å². The molecule has 0 heterocycles. The van der Waals surface area contributed by atoms with E-state index in [4.69, 9.17) is 5.73 Å². The minimum Gasteiger partial charge on any atom is -0.394 e. The van der Waals surface area contributed by atoms with Gasteiger partial charge in [0.25, 0.3) is 5.91 Å². The third kappa shape index (κ3) is 1.98. The molecule has 86 valence electrons. The first-order chi connectivity index (χ1) is 7.41. The van der Waals surface area contributed by atoms with Crippen molar-refractivity contribution < 1.29 is 13.6 Å². The fourth-order valence-corrected chi connectivity index (χ4v) is 1.37. The number of carbonyl (C=O) groups is 1. The van der Waals surface area contributed by atoms with Crippen LogP contribution in [0.25, 0.3) is 0 Å². The number of amides is 1. The molecule has 1 fully saturated rings. The van der Waals surface area contributed by atoms with Crippen LogP contribution in [0.3, 0.4) is 0 Å². The molecule has 5 heteroatoms. The summed E-state index contributed by atoms with van der Waals surface area (Å²) in [6, 6.07) is 1.89. The molecule has 1 aromatic carbocycles. The van der Waals surface area contributed by atoms with Crippen molar-refractivity contribution in [2.45, 2.75) is 25.3 Å². The second-order valence-electron chi connectivity index (χ2n) is 4.37. The summed E-state index contributed by atoms with van der Waals surface area (Å²) in [5.74, 6) is -2.30. The van der Waals surface area contributed by atoms with Gasteiger partial charge in [-0.15, -0.1) is 0 Å². The Kier molecular flexibility index (Phi) is 2.33. The Hall–Kier alpha value is -1.65. The average Bonchev–Trinajstić information content (AvgIpc) is 2.91. The molecule has 1 aliphatic carbocycles. The number of benzene rings is 1. The molecule has 1 aromatic rings. The quantitative estimate of drug-likeness (QED) is 0.756. The Labute approximate surface area is 91.6 Å². The van der Waals surface area contributed by atoms with Crippen molar-refractivity contribution in [1.82, 2.24) is 5.32 Å². The van der Waals surface area contributed by atoms with Gasteiger partial charge in [0.05, 0.1) is 0 Å². The van der Waals surface area contributed by atoms with Crippen molar-refractivity contribution >= 4 is 11.6 Å². The van der Waals surface area contributed by atoms with Crippen molar-refractivity contribution in [2.75, 3.05) is 5.73 Å². The van der Waals surface area contributed by atoms with Gasteiger partial charge in [-0.05, 0) is 31.9 Å². The first kappa shape index (κ1) is 10.9. The summed E-state index contributed by atoms with van der Waals surface area (Å²) in [6.45, 7) is 1.88. The van der Waals surface area contributed by atoms with Gasteiger partial charge in [0, 0.05) is 11.1 Å². The summed E-state index contributed by atoms with van der Waals surface area (Å²) in [5.41, 5.74) is 4.29.